The molecular weight excluding hydrogens is 1210 g/mol. The fourth-order valence-electron chi connectivity index (χ4n) is 8.79. The Morgan fingerprint density at radius 2 is 1.04 bits per heavy atom. The summed E-state index contributed by atoms with van der Waals surface area (Å²) in [4.78, 5) is 171. The molecule has 2 heterocycles. The van der Waals surface area contributed by atoms with Gasteiger partial charge in [-0.05, 0) is 56.4 Å². The van der Waals surface area contributed by atoms with Crippen molar-refractivity contribution < 1.29 is 119 Å². The number of aromatic amines is 1. The summed E-state index contributed by atoms with van der Waals surface area (Å²) in [5.41, 5.74) is 5.65. The molecule has 0 aliphatic rings. The van der Waals surface area contributed by atoms with E-state index in [1.165, 1.54) is 37.4 Å². The van der Waals surface area contributed by atoms with Gasteiger partial charge in [0.1, 0.15) is 48.4 Å². The largest absolute Gasteiger partial charge is 0.481 e. The van der Waals surface area contributed by atoms with Gasteiger partial charge in [0.15, 0.2) is 22.7 Å². The molecule has 13 atom stereocenters. The minimum atomic E-state index is -2.10. The third-order valence-corrected chi connectivity index (χ3v) is 14.2. The summed E-state index contributed by atoms with van der Waals surface area (Å²) in [7, 11) is 0. The van der Waals surface area contributed by atoms with E-state index >= 15 is 0 Å². The Hall–Kier alpha value is -8.59. The second kappa shape index (κ2) is 38.2. The van der Waals surface area contributed by atoms with Crippen molar-refractivity contribution in [3.63, 3.8) is 0 Å². The maximum atomic E-state index is 14.3. The summed E-state index contributed by atoms with van der Waals surface area (Å²) < 4.78 is 0. The normalized spacial score (nSPS) is 15.7. The minimum absolute atomic E-state index is 0.0210. The molecule has 36 nitrogen and oxygen atoms in total. The van der Waals surface area contributed by atoms with E-state index in [0.717, 1.165) is 0 Å². The number of nitrogens with two attached hydrogens (primary N) is 1. The van der Waals surface area contributed by atoms with Crippen molar-refractivity contribution in [3.8, 4) is 0 Å². The minimum Gasteiger partial charge on any atom is -0.481 e. The average molecular weight is 1290 g/mol. The average Bonchev–Trinajstić information content (AvgIpc) is 2.34. The first-order valence-electron chi connectivity index (χ1n) is 28.6. The van der Waals surface area contributed by atoms with Gasteiger partial charge in [0.2, 0.25) is 29.6 Å². The second-order valence-electron chi connectivity index (χ2n) is 21.2. The topological polar surface area (TPSA) is 620 Å². The Bertz CT molecular complexity index is 3040. The van der Waals surface area contributed by atoms with Crippen molar-refractivity contribution in [1.29, 1.82) is 0 Å². The monoisotopic (exact) mass is 1290 g/mol. The molecule has 0 bridgehead atoms. The van der Waals surface area contributed by atoms with Crippen molar-refractivity contribution in [2.75, 3.05) is 37.4 Å². The number of fused-ring (bicyclic) bond motifs is 1. The molecule has 36 heteroatoms. The quantitative estimate of drug-likeness (QED) is 0.0250. The number of carbonyl (C=O) groups excluding carboxylic acids is 8. The van der Waals surface area contributed by atoms with E-state index in [4.69, 9.17) is 15.9 Å². The molecule has 0 saturated carbocycles. The summed E-state index contributed by atoms with van der Waals surface area (Å²) in [6.45, 7) is -2.11. The zero-order valence-electron chi connectivity index (χ0n) is 49.3. The summed E-state index contributed by atoms with van der Waals surface area (Å²) in [6, 6.07) is 0.619. The number of Topliss-reactive ketones (excluding diaryl/α,β-unsaturated/α-hetero) is 3. The standard InChI is InChI=1S/C55H79N11O25/c1-2-34(70)31(11-15-42(78)79)62-52(88)27(6-14-41(77)59-22-37(73)46(83)48(85)39(75)24-68)18-35(71)32(12-16-43(80)81)63-51(87)26(5-13-40(76)58-21-36(72)45(82)47(84)38(74)23-67)17-30(69)9-10-33(54(90)91)64-50(86)25-3-7-28(8-4-25)57-19-29-20-60-49-44(61-29)53(89)66-55(56)65-49/h3-4,7-8,20,26-27,31-33,36-39,45-48,57,67-68,72-75,82-85H,2,5-6,9-19,21-24H2,1H3,(H,58,76)(H,59,77)(H,62,88)(H,63,87)(H,64,86)(H,78,79)(H,80,81)(H,90,91)(H3,56,60,65,66,89)/t26-,27-,31?,32?,33+,36+,37+,38-,39-,45-,46-,47-,48-/m1/s1. The van der Waals surface area contributed by atoms with E-state index < -0.39 is 252 Å². The molecule has 0 spiro atoms. The van der Waals surface area contributed by atoms with Gasteiger partial charge in [-0.15, -0.1) is 0 Å². The highest BCUT2D eigenvalue weighted by Gasteiger charge is 2.35. The molecular formula is C55H79N11O25. The number of hydrogen-bond acceptors (Lipinski definition) is 27. The van der Waals surface area contributed by atoms with E-state index in [2.05, 4.69) is 51.8 Å². The first-order valence-corrected chi connectivity index (χ1v) is 28.6. The van der Waals surface area contributed by atoms with Crippen LogP contribution in [-0.4, -0.2) is 244 Å². The number of nitrogen functional groups attached to an aromatic ring is 1. The number of carboxylic acid groups (broad SMARTS) is 3. The number of hydrogen-bond donors (Lipinski definition) is 21. The molecule has 22 N–H and O–H groups in total. The molecule has 0 aliphatic carbocycles. The van der Waals surface area contributed by atoms with Crippen LogP contribution in [0.3, 0.4) is 0 Å². The number of carbonyl (C=O) groups is 11. The van der Waals surface area contributed by atoms with Gasteiger partial charge < -0.3 is 104 Å². The molecule has 2 unspecified atom stereocenters. The van der Waals surface area contributed by atoms with E-state index in [9.17, 15) is 114 Å². The van der Waals surface area contributed by atoms with Crippen molar-refractivity contribution in [1.82, 2.24) is 46.5 Å². The third-order valence-electron chi connectivity index (χ3n) is 14.2. The van der Waals surface area contributed by atoms with Crippen molar-refractivity contribution in [2.45, 2.75) is 164 Å². The van der Waals surface area contributed by atoms with E-state index in [1.807, 2.05) is 0 Å². The highest BCUT2D eigenvalue weighted by molar-refractivity contribution is 5.98. The van der Waals surface area contributed by atoms with Gasteiger partial charge in [-0.1, -0.05) is 6.92 Å². The van der Waals surface area contributed by atoms with Crippen LogP contribution in [0.2, 0.25) is 0 Å². The number of rotatable bonds is 44. The Balaban J connectivity index is 1.88. The SMILES string of the molecule is CCC(=O)C(CCC(=O)O)NC(=O)[C@H](CCC(=O)NC[C@H](O)[C@@H](O)[C@H](O)[C@H](O)CO)CC(=O)C(CCC(=O)O)NC(=O)[C@H](CCC(=O)NC[C@H](O)[C@@H](O)[C@H](O)[C@H](O)CO)CC(=O)CC[C@H](NC(=O)c1ccc(NCc2cnc3nc(N)[nH]c(=O)c3n2)cc1)C(=O)O. The first-order chi connectivity index (χ1) is 42.9. The van der Waals surface area contributed by atoms with Crippen molar-refractivity contribution in [3.05, 3.63) is 52.1 Å². The maximum absolute atomic E-state index is 14.3. The van der Waals surface area contributed by atoms with Crippen LogP contribution in [0.5, 0.6) is 0 Å². The van der Waals surface area contributed by atoms with Gasteiger partial charge in [-0.2, -0.15) is 4.98 Å². The zero-order chi connectivity index (χ0) is 68.2. The fourth-order valence-corrected chi connectivity index (χ4v) is 8.79. The number of aliphatic carboxylic acids is 3. The van der Waals surface area contributed by atoms with Crippen LogP contribution in [0.4, 0.5) is 11.6 Å². The smallest absolute Gasteiger partial charge is 0.326 e. The third kappa shape index (κ3) is 26.0. The number of aliphatic hydroxyl groups excluding tert-OH is 10. The maximum Gasteiger partial charge on any atom is 0.326 e. The van der Waals surface area contributed by atoms with Gasteiger partial charge in [-0.3, -0.25) is 57.7 Å². The number of nitrogens with zero attached hydrogens (tertiary/aromatic N) is 3. The lowest BCUT2D eigenvalue weighted by Crippen LogP contribution is -2.49. The van der Waals surface area contributed by atoms with Crippen LogP contribution in [0, 0.1) is 11.8 Å². The number of ketones is 3. The van der Waals surface area contributed by atoms with Gasteiger partial charge in [0, 0.05) is 87.5 Å². The van der Waals surface area contributed by atoms with Gasteiger partial charge in [-0.25, -0.2) is 14.8 Å². The number of amides is 5. The molecule has 1 aromatic carbocycles. The summed E-state index contributed by atoms with van der Waals surface area (Å²) in [5.74, 6) is -15.5. The summed E-state index contributed by atoms with van der Waals surface area (Å²) >= 11 is 0. The highest BCUT2D eigenvalue weighted by atomic mass is 16.4. The molecule has 0 fully saturated rings. The number of benzene rings is 1. The Labute approximate surface area is 517 Å². The molecule has 91 heavy (non-hydrogen) atoms. The van der Waals surface area contributed by atoms with E-state index in [1.54, 1.807) is 0 Å². The number of H-pyrrole nitrogens is 1. The van der Waals surface area contributed by atoms with Gasteiger partial charge >= 0.3 is 17.9 Å². The van der Waals surface area contributed by atoms with Crippen LogP contribution < -0.4 is 43.2 Å². The van der Waals surface area contributed by atoms with Crippen LogP contribution in [0.1, 0.15) is 106 Å². The lowest BCUT2D eigenvalue weighted by Gasteiger charge is -2.26. The van der Waals surface area contributed by atoms with E-state index in [-0.39, 0.29) is 35.6 Å². The predicted molar refractivity (Wildman–Crippen MR) is 310 cm³/mol. The Kier molecular flexibility index (Phi) is 32.2. The Morgan fingerprint density at radius 1 is 0.571 bits per heavy atom. The Morgan fingerprint density at radius 3 is 1.52 bits per heavy atom. The molecule has 3 aromatic rings. The van der Waals surface area contributed by atoms with E-state index in [0.29, 0.717) is 11.4 Å². The lowest BCUT2D eigenvalue weighted by atomic mass is 9.89. The molecule has 0 aliphatic heterocycles. The van der Waals surface area contributed by atoms with Crippen molar-refractivity contribution in [2.24, 2.45) is 11.8 Å². The van der Waals surface area contributed by atoms with Crippen LogP contribution in [0.15, 0.2) is 35.3 Å². The molecule has 5 amide bonds. The van der Waals surface area contributed by atoms with Gasteiger partial charge in [0.25, 0.3) is 11.5 Å². The highest BCUT2D eigenvalue weighted by Crippen LogP contribution is 2.21. The number of carboxylic acids is 3. The molecule has 2 aromatic heterocycles. The second-order valence-corrected chi connectivity index (χ2v) is 21.2. The van der Waals surface area contributed by atoms with Crippen LogP contribution >= 0.6 is 0 Å². The number of aliphatic hydroxyl groups is 10. The van der Waals surface area contributed by atoms with Crippen LogP contribution in [0.25, 0.3) is 11.2 Å². The van der Waals surface area contributed by atoms with Crippen molar-refractivity contribution >= 4 is 87.6 Å². The number of nitrogens with one attached hydrogen (secondary N) is 7. The summed E-state index contributed by atoms with van der Waals surface area (Å²) in [6.07, 6.45) is -22.9. The molecule has 0 radical (unpaired) electrons. The molecule has 0 saturated heterocycles. The van der Waals surface area contributed by atoms with Gasteiger partial charge in [0.05, 0.1) is 55.9 Å². The molecule has 504 valence electrons. The molecule has 3 rings (SSSR count). The lowest BCUT2D eigenvalue weighted by molar-refractivity contribution is -0.140. The number of anilines is 2. The predicted octanol–water partition coefficient (Wildman–Crippen LogP) is -6.64. The zero-order valence-corrected chi connectivity index (χ0v) is 49.3. The fraction of sp³-hybridized carbons (Fsp3) is 0.582. The van der Waals surface area contributed by atoms with Crippen LogP contribution in [-0.2, 0) is 54.5 Å². The first kappa shape index (κ1) is 76.7. The number of aromatic nitrogens is 4. The summed E-state index contributed by atoms with van der Waals surface area (Å²) in [5, 5.41) is 142.